The Morgan fingerprint density at radius 3 is 2.40 bits per heavy atom. The second-order valence-electron chi connectivity index (χ2n) is 5.29. The minimum Gasteiger partial charge on any atom is -0.385 e. The molecule has 4 heteroatoms. The van der Waals surface area contributed by atoms with Crippen LogP contribution in [0, 0.1) is 0 Å². The summed E-state index contributed by atoms with van der Waals surface area (Å²) in [4.78, 5) is 12.2. The fourth-order valence-corrected chi connectivity index (χ4v) is 3.40. The first kappa shape index (κ1) is 15.2. The number of carbonyl (C=O) groups is 1. The number of anilines is 1. The maximum Gasteiger partial charge on any atom is 0.251 e. The lowest BCUT2D eigenvalue weighted by molar-refractivity contribution is 0.0928. The monoisotopic (exact) mass is 292 g/mol. The molecular formula is C16H24N2OS. The van der Waals surface area contributed by atoms with Crippen LogP contribution in [0.5, 0.6) is 0 Å². The van der Waals surface area contributed by atoms with E-state index < -0.39 is 0 Å². The van der Waals surface area contributed by atoms with Crippen molar-refractivity contribution in [2.75, 3.05) is 18.1 Å². The van der Waals surface area contributed by atoms with Gasteiger partial charge in [-0.1, -0.05) is 0 Å². The van der Waals surface area contributed by atoms with E-state index in [1.807, 2.05) is 36.0 Å². The van der Waals surface area contributed by atoms with Crippen LogP contribution >= 0.6 is 11.8 Å². The van der Waals surface area contributed by atoms with Crippen LogP contribution in [0.4, 0.5) is 5.69 Å². The lowest BCUT2D eigenvalue weighted by Gasteiger charge is -2.28. The lowest BCUT2D eigenvalue weighted by atomic mass is 9.94. The summed E-state index contributed by atoms with van der Waals surface area (Å²) < 4.78 is 0. The zero-order chi connectivity index (χ0) is 14.4. The Hall–Kier alpha value is -1.16. The van der Waals surface area contributed by atoms with E-state index >= 15 is 0 Å². The van der Waals surface area contributed by atoms with E-state index in [1.165, 1.54) is 12.8 Å². The van der Waals surface area contributed by atoms with E-state index in [4.69, 9.17) is 0 Å². The molecule has 2 N–H and O–H groups in total. The van der Waals surface area contributed by atoms with Gasteiger partial charge in [0.25, 0.3) is 5.91 Å². The minimum atomic E-state index is 0.0562. The summed E-state index contributed by atoms with van der Waals surface area (Å²) in [6.45, 7) is 2.95. The van der Waals surface area contributed by atoms with Crippen molar-refractivity contribution < 1.29 is 4.79 Å². The normalized spacial score (nSPS) is 22.3. The third kappa shape index (κ3) is 4.17. The third-order valence-corrected chi connectivity index (χ3v) is 5.01. The van der Waals surface area contributed by atoms with Crippen molar-refractivity contribution in [1.82, 2.24) is 5.32 Å². The van der Waals surface area contributed by atoms with Gasteiger partial charge in [-0.15, -0.1) is 0 Å². The van der Waals surface area contributed by atoms with Crippen molar-refractivity contribution >= 4 is 23.4 Å². The van der Waals surface area contributed by atoms with Crippen LogP contribution in [0.3, 0.4) is 0 Å². The largest absolute Gasteiger partial charge is 0.385 e. The van der Waals surface area contributed by atoms with Crippen molar-refractivity contribution in [2.24, 2.45) is 0 Å². The molecule has 3 nitrogen and oxygen atoms in total. The van der Waals surface area contributed by atoms with Crippen molar-refractivity contribution in [2.45, 2.75) is 43.9 Å². The van der Waals surface area contributed by atoms with Gasteiger partial charge >= 0.3 is 0 Å². The maximum atomic E-state index is 12.2. The quantitative estimate of drug-likeness (QED) is 0.872. The van der Waals surface area contributed by atoms with E-state index in [-0.39, 0.29) is 5.91 Å². The van der Waals surface area contributed by atoms with Gasteiger partial charge in [-0.2, -0.15) is 11.8 Å². The molecule has 1 saturated carbocycles. The summed E-state index contributed by atoms with van der Waals surface area (Å²) in [6, 6.07) is 8.05. The molecule has 0 unspecified atom stereocenters. The van der Waals surface area contributed by atoms with E-state index in [0.29, 0.717) is 6.04 Å². The Balaban J connectivity index is 1.85. The molecule has 20 heavy (non-hydrogen) atoms. The number of thioether (sulfide) groups is 1. The first-order chi connectivity index (χ1) is 9.72. The molecule has 0 saturated heterocycles. The van der Waals surface area contributed by atoms with Gasteiger partial charge in [0.1, 0.15) is 0 Å². The Kier molecular flexibility index (Phi) is 5.77. The average Bonchev–Trinajstić information content (AvgIpc) is 2.49. The van der Waals surface area contributed by atoms with Gasteiger partial charge in [-0.3, -0.25) is 4.79 Å². The fraction of sp³-hybridized carbons (Fsp3) is 0.562. The van der Waals surface area contributed by atoms with Crippen LogP contribution in [0.25, 0.3) is 0 Å². The highest BCUT2D eigenvalue weighted by Gasteiger charge is 2.21. The summed E-state index contributed by atoms with van der Waals surface area (Å²) >= 11 is 1.95. The zero-order valence-corrected chi connectivity index (χ0v) is 13.1. The maximum absolute atomic E-state index is 12.2. The van der Waals surface area contributed by atoms with Gasteiger partial charge in [0.2, 0.25) is 0 Å². The molecule has 1 aromatic rings. The second kappa shape index (κ2) is 7.58. The van der Waals surface area contributed by atoms with Gasteiger partial charge in [0, 0.05) is 29.1 Å². The van der Waals surface area contributed by atoms with Crippen molar-refractivity contribution in [1.29, 1.82) is 0 Å². The number of nitrogens with one attached hydrogen (secondary N) is 2. The molecule has 110 valence electrons. The molecule has 0 atom stereocenters. The molecule has 0 radical (unpaired) electrons. The predicted molar refractivity (Wildman–Crippen MR) is 87.6 cm³/mol. The molecule has 0 spiro atoms. The predicted octanol–water partition coefficient (Wildman–Crippen LogP) is 3.52. The molecular weight excluding hydrogens is 268 g/mol. The highest BCUT2D eigenvalue weighted by atomic mass is 32.2. The van der Waals surface area contributed by atoms with Gasteiger partial charge in [-0.25, -0.2) is 0 Å². The SMILES string of the molecule is CCNc1ccc(C(=O)NC2CCC(SC)CC2)cc1. The van der Waals surface area contributed by atoms with Gasteiger partial charge in [-0.05, 0) is 63.1 Å². The summed E-state index contributed by atoms with van der Waals surface area (Å²) in [6.07, 6.45) is 6.81. The number of amides is 1. The molecule has 0 bridgehead atoms. The third-order valence-electron chi connectivity index (χ3n) is 3.87. The van der Waals surface area contributed by atoms with Gasteiger partial charge in [0.15, 0.2) is 0 Å². The standard InChI is InChI=1S/C16H24N2OS/c1-3-17-13-6-4-12(5-7-13)16(19)18-14-8-10-15(20-2)11-9-14/h4-7,14-15,17H,3,8-11H2,1-2H3,(H,18,19). The molecule has 0 aromatic heterocycles. The molecule has 0 heterocycles. The number of hydrogen-bond acceptors (Lipinski definition) is 3. The second-order valence-corrected chi connectivity index (χ2v) is 6.43. The molecule has 2 rings (SSSR count). The Morgan fingerprint density at radius 1 is 1.20 bits per heavy atom. The highest BCUT2D eigenvalue weighted by molar-refractivity contribution is 7.99. The van der Waals surface area contributed by atoms with Crippen LogP contribution in [-0.4, -0.2) is 30.0 Å². The topological polar surface area (TPSA) is 41.1 Å². The highest BCUT2D eigenvalue weighted by Crippen LogP contribution is 2.27. The number of rotatable bonds is 5. The first-order valence-electron chi connectivity index (χ1n) is 7.40. The smallest absolute Gasteiger partial charge is 0.251 e. The molecule has 1 amide bonds. The molecule has 0 aliphatic heterocycles. The van der Waals surface area contributed by atoms with E-state index in [2.05, 4.69) is 23.8 Å². The van der Waals surface area contributed by atoms with E-state index in [0.717, 1.165) is 35.9 Å². The zero-order valence-electron chi connectivity index (χ0n) is 12.3. The van der Waals surface area contributed by atoms with Crippen LogP contribution in [0.15, 0.2) is 24.3 Å². The van der Waals surface area contributed by atoms with Crippen molar-refractivity contribution in [3.05, 3.63) is 29.8 Å². The number of benzene rings is 1. The first-order valence-corrected chi connectivity index (χ1v) is 8.69. The number of carbonyl (C=O) groups excluding carboxylic acids is 1. The Morgan fingerprint density at radius 2 is 1.85 bits per heavy atom. The molecule has 1 aliphatic carbocycles. The molecule has 1 aliphatic rings. The summed E-state index contributed by atoms with van der Waals surface area (Å²) in [7, 11) is 0. The summed E-state index contributed by atoms with van der Waals surface area (Å²) in [5, 5.41) is 7.18. The minimum absolute atomic E-state index is 0.0562. The number of hydrogen-bond donors (Lipinski definition) is 2. The van der Waals surface area contributed by atoms with Crippen LogP contribution in [0.1, 0.15) is 43.0 Å². The van der Waals surface area contributed by atoms with Crippen LogP contribution in [0.2, 0.25) is 0 Å². The summed E-state index contributed by atoms with van der Waals surface area (Å²) in [5.74, 6) is 0.0562. The average molecular weight is 292 g/mol. The lowest BCUT2D eigenvalue weighted by Crippen LogP contribution is -2.38. The Labute approximate surface area is 125 Å². The van der Waals surface area contributed by atoms with Crippen LogP contribution < -0.4 is 10.6 Å². The molecule has 1 aromatic carbocycles. The fourth-order valence-electron chi connectivity index (χ4n) is 2.66. The summed E-state index contributed by atoms with van der Waals surface area (Å²) in [5.41, 5.74) is 1.81. The van der Waals surface area contributed by atoms with Crippen molar-refractivity contribution in [3.8, 4) is 0 Å². The van der Waals surface area contributed by atoms with E-state index in [1.54, 1.807) is 0 Å². The van der Waals surface area contributed by atoms with Crippen molar-refractivity contribution in [3.63, 3.8) is 0 Å². The molecule has 1 fully saturated rings. The van der Waals surface area contributed by atoms with Crippen LogP contribution in [-0.2, 0) is 0 Å². The van der Waals surface area contributed by atoms with Gasteiger partial charge < -0.3 is 10.6 Å². The van der Waals surface area contributed by atoms with Gasteiger partial charge in [0.05, 0.1) is 0 Å². The van der Waals surface area contributed by atoms with E-state index in [9.17, 15) is 4.79 Å². The Bertz CT molecular complexity index is 425.